The maximum atomic E-state index is 5.36. The zero-order valence-electron chi connectivity index (χ0n) is 12.3. The molecule has 0 aliphatic rings. The highest BCUT2D eigenvalue weighted by Gasteiger charge is 2.21. The first kappa shape index (κ1) is 15.7. The number of halogens is 1. The van der Waals surface area contributed by atoms with Gasteiger partial charge in [0.2, 0.25) is 11.8 Å². The number of methoxy groups -OCH3 is 2. The average molecular weight is 352 g/mol. The van der Waals surface area contributed by atoms with Crippen LogP contribution < -0.4 is 14.8 Å². The third kappa shape index (κ3) is 3.71. The lowest BCUT2D eigenvalue weighted by Gasteiger charge is -2.19. The molecule has 1 N–H and O–H groups in total. The van der Waals surface area contributed by atoms with Crippen LogP contribution in [-0.4, -0.2) is 30.7 Å². The summed E-state index contributed by atoms with van der Waals surface area (Å²) in [5.74, 6) is 0.893. The Morgan fingerprint density at radius 3 is 2.48 bits per heavy atom. The summed E-state index contributed by atoms with van der Waals surface area (Å²) in [5.41, 5.74) is 1.83. The van der Waals surface area contributed by atoms with Crippen LogP contribution in [0.25, 0.3) is 0 Å². The van der Waals surface area contributed by atoms with E-state index in [1.165, 1.54) is 0 Å². The molecular weight excluding hydrogens is 334 g/mol. The predicted octanol–water partition coefficient (Wildman–Crippen LogP) is 2.96. The molecule has 0 radical (unpaired) electrons. The monoisotopic (exact) mass is 351 g/mol. The molecule has 0 aliphatic carbocycles. The van der Waals surface area contributed by atoms with Gasteiger partial charge in [0.15, 0.2) is 0 Å². The largest absolute Gasteiger partial charge is 0.480 e. The molecule has 1 atom stereocenters. The second-order valence-corrected chi connectivity index (χ2v) is 5.26. The van der Waals surface area contributed by atoms with Gasteiger partial charge in [-0.1, -0.05) is 35.0 Å². The van der Waals surface area contributed by atoms with E-state index >= 15 is 0 Å². The van der Waals surface area contributed by atoms with E-state index < -0.39 is 0 Å². The Hall–Kier alpha value is -1.66. The summed E-state index contributed by atoms with van der Waals surface area (Å²) in [6.45, 7) is 2.85. The lowest BCUT2D eigenvalue weighted by atomic mass is 10.0. The van der Waals surface area contributed by atoms with E-state index in [0.29, 0.717) is 11.8 Å². The summed E-state index contributed by atoms with van der Waals surface area (Å²) < 4.78 is 11.5. The van der Waals surface area contributed by atoms with Gasteiger partial charge in [0.05, 0.1) is 26.5 Å². The van der Waals surface area contributed by atoms with Crippen molar-refractivity contribution in [3.8, 4) is 11.8 Å². The number of hydrogen-bond acceptors (Lipinski definition) is 5. The molecule has 21 heavy (non-hydrogen) atoms. The van der Waals surface area contributed by atoms with Crippen molar-refractivity contribution >= 4 is 15.9 Å². The smallest absolute Gasteiger partial charge is 0.240 e. The van der Waals surface area contributed by atoms with Crippen LogP contribution in [0.5, 0.6) is 11.8 Å². The SMILES string of the molecule is CCNC(c1ccc(Br)cc1)c1ncc(OC)nc1OC. The number of rotatable bonds is 6. The maximum Gasteiger partial charge on any atom is 0.240 e. The Kier molecular flexibility index (Phi) is 5.52. The van der Waals surface area contributed by atoms with Crippen LogP contribution in [0.15, 0.2) is 34.9 Å². The fourth-order valence-electron chi connectivity index (χ4n) is 2.04. The molecule has 0 fully saturated rings. The minimum Gasteiger partial charge on any atom is -0.480 e. The zero-order valence-corrected chi connectivity index (χ0v) is 13.8. The van der Waals surface area contributed by atoms with Crippen molar-refractivity contribution in [2.45, 2.75) is 13.0 Å². The van der Waals surface area contributed by atoms with Gasteiger partial charge >= 0.3 is 0 Å². The van der Waals surface area contributed by atoms with Crippen LogP contribution >= 0.6 is 15.9 Å². The molecule has 2 rings (SSSR count). The summed E-state index contributed by atoms with van der Waals surface area (Å²) in [7, 11) is 3.14. The minimum absolute atomic E-state index is 0.0866. The molecule has 6 heteroatoms. The van der Waals surface area contributed by atoms with Gasteiger partial charge in [-0.2, -0.15) is 4.98 Å². The van der Waals surface area contributed by atoms with Crippen LogP contribution in [0.1, 0.15) is 24.2 Å². The Balaban J connectivity index is 2.44. The van der Waals surface area contributed by atoms with Crippen LogP contribution in [-0.2, 0) is 0 Å². The highest BCUT2D eigenvalue weighted by atomic mass is 79.9. The van der Waals surface area contributed by atoms with Crippen molar-refractivity contribution in [1.82, 2.24) is 15.3 Å². The second kappa shape index (κ2) is 7.38. The molecule has 1 heterocycles. The highest BCUT2D eigenvalue weighted by molar-refractivity contribution is 9.10. The molecule has 0 saturated carbocycles. The maximum absolute atomic E-state index is 5.36. The van der Waals surface area contributed by atoms with Crippen molar-refractivity contribution in [3.05, 3.63) is 46.2 Å². The fraction of sp³-hybridized carbons (Fsp3) is 0.333. The fourth-order valence-corrected chi connectivity index (χ4v) is 2.31. The zero-order chi connectivity index (χ0) is 15.2. The van der Waals surface area contributed by atoms with E-state index in [4.69, 9.17) is 9.47 Å². The number of benzene rings is 1. The van der Waals surface area contributed by atoms with Crippen molar-refractivity contribution in [1.29, 1.82) is 0 Å². The van der Waals surface area contributed by atoms with E-state index in [-0.39, 0.29) is 6.04 Å². The van der Waals surface area contributed by atoms with Gasteiger partial charge in [0.25, 0.3) is 0 Å². The van der Waals surface area contributed by atoms with E-state index in [0.717, 1.165) is 22.3 Å². The number of hydrogen-bond donors (Lipinski definition) is 1. The summed E-state index contributed by atoms with van der Waals surface area (Å²) in [5, 5.41) is 3.41. The first-order chi connectivity index (χ1) is 10.2. The Morgan fingerprint density at radius 2 is 1.90 bits per heavy atom. The molecule has 5 nitrogen and oxygen atoms in total. The number of nitrogens with one attached hydrogen (secondary N) is 1. The van der Waals surface area contributed by atoms with Gasteiger partial charge in [0.1, 0.15) is 5.69 Å². The molecule has 2 aromatic rings. The lowest BCUT2D eigenvalue weighted by molar-refractivity contribution is 0.352. The average Bonchev–Trinajstić information content (AvgIpc) is 2.53. The molecule has 0 amide bonds. The van der Waals surface area contributed by atoms with Crippen LogP contribution in [0.4, 0.5) is 0 Å². The Morgan fingerprint density at radius 1 is 1.19 bits per heavy atom. The first-order valence-corrected chi connectivity index (χ1v) is 7.42. The van der Waals surface area contributed by atoms with E-state index in [1.54, 1.807) is 20.4 Å². The topological polar surface area (TPSA) is 56.3 Å². The summed E-state index contributed by atoms with van der Waals surface area (Å²) in [4.78, 5) is 8.75. The van der Waals surface area contributed by atoms with E-state index in [2.05, 4.69) is 38.1 Å². The molecule has 0 spiro atoms. The lowest BCUT2D eigenvalue weighted by Crippen LogP contribution is -2.24. The highest BCUT2D eigenvalue weighted by Crippen LogP contribution is 2.29. The van der Waals surface area contributed by atoms with E-state index in [1.807, 2.05) is 24.3 Å². The third-order valence-electron chi connectivity index (χ3n) is 3.03. The molecule has 1 aromatic heterocycles. The molecule has 1 aromatic carbocycles. The number of nitrogens with zero attached hydrogens (tertiary/aromatic N) is 2. The van der Waals surface area contributed by atoms with Crippen LogP contribution in [0, 0.1) is 0 Å². The molecule has 0 bridgehead atoms. The van der Waals surface area contributed by atoms with Crippen molar-refractivity contribution in [2.75, 3.05) is 20.8 Å². The van der Waals surface area contributed by atoms with Gasteiger partial charge in [-0.05, 0) is 24.2 Å². The summed E-state index contributed by atoms with van der Waals surface area (Å²) in [6.07, 6.45) is 1.60. The van der Waals surface area contributed by atoms with Crippen LogP contribution in [0.2, 0.25) is 0 Å². The molecule has 0 saturated heterocycles. The third-order valence-corrected chi connectivity index (χ3v) is 3.56. The van der Waals surface area contributed by atoms with Crippen molar-refractivity contribution in [2.24, 2.45) is 0 Å². The van der Waals surface area contributed by atoms with Crippen molar-refractivity contribution in [3.63, 3.8) is 0 Å². The van der Waals surface area contributed by atoms with E-state index in [9.17, 15) is 0 Å². The van der Waals surface area contributed by atoms with Crippen LogP contribution in [0.3, 0.4) is 0 Å². The predicted molar refractivity (Wildman–Crippen MR) is 84.8 cm³/mol. The standard InChI is InChI=1S/C15H18BrN3O2/c1-4-17-13(10-5-7-11(16)8-6-10)14-15(21-3)19-12(20-2)9-18-14/h5-9,13,17H,4H2,1-3H3. The quantitative estimate of drug-likeness (QED) is 0.866. The molecule has 0 aliphatic heterocycles. The van der Waals surface area contributed by atoms with Gasteiger partial charge in [-0.3, -0.25) is 0 Å². The summed E-state index contributed by atoms with van der Waals surface area (Å²) >= 11 is 3.45. The first-order valence-electron chi connectivity index (χ1n) is 6.63. The van der Waals surface area contributed by atoms with Crippen molar-refractivity contribution < 1.29 is 9.47 Å². The van der Waals surface area contributed by atoms with Gasteiger partial charge < -0.3 is 14.8 Å². The number of aromatic nitrogens is 2. The summed E-state index contributed by atoms with van der Waals surface area (Å²) in [6, 6.07) is 8.01. The molecular formula is C15H18BrN3O2. The minimum atomic E-state index is -0.0866. The van der Waals surface area contributed by atoms with Gasteiger partial charge in [-0.15, -0.1) is 0 Å². The van der Waals surface area contributed by atoms with Gasteiger partial charge in [0, 0.05) is 4.47 Å². The second-order valence-electron chi connectivity index (χ2n) is 4.35. The normalized spacial score (nSPS) is 12.0. The number of ether oxygens (including phenoxy) is 2. The Bertz CT molecular complexity index is 590. The van der Waals surface area contributed by atoms with Gasteiger partial charge in [-0.25, -0.2) is 4.98 Å². The molecule has 1 unspecified atom stereocenters. The molecule has 112 valence electrons. The Labute approximate surface area is 132 Å².